The van der Waals surface area contributed by atoms with Gasteiger partial charge in [0.2, 0.25) is 0 Å². The highest BCUT2D eigenvalue weighted by molar-refractivity contribution is 7.91. The Balaban J connectivity index is 2.30. The Bertz CT molecular complexity index is 753. The molecule has 0 aromatic carbocycles. The van der Waals surface area contributed by atoms with E-state index in [0.717, 1.165) is 23.8 Å². The summed E-state index contributed by atoms with van der Waals surface area (Å²) >= 11 is -0.460. The Kier molecular flexibility index (Phi) is 5.31. The summed E-state index contributed by atoms with van der Waals surface area (Å²) in [7, 11) is 0. The molecule has 130 valence electrons. The van der Waals surface area contributed by atoms with E-state index in [9.17, 15) is 17.7 Å². The molecule has 0 aliphatic heterocycles. The first-order chi connectivity index (χ1) is 11.0. The molecule has 0 spiro atoms. The number of rotatable bonds is 3. The zero-order valence-electron chi connectivity index (χ0n) is 13.4. The third-order valence-corrected chi connectivity index (χ3v) is 5.10. The molecule has 0 bridgehead atoms. The number of nitrogens with zero attached hydrogens (tertiary/aromatic N) is 4. The lowest BCUT2D eigenvalue weighted by Crippen LogP contribution is -2.26. The van der Waals surface area contributed by atoms with Gasteiger partial charge in [-0.2, -0.15) is 17.5 Å². The van der Waals surface area contributed by atoms with E-state index in [-0.39, 0.29) is 11.4 Å². The molecule has 0 N–H and O–H groups in total. The Hall–Kier alpha value is -1.52. The molecule has 0 unspecified atom stereocenters. The molecule has 0 amide bonds. The van der Waals surface area contributed by atoms with E-state index < -0.39 is 28.0 Å². The van der Waals surface area contributed by atoms with E-state index in [1.807, 2.05) is 0 Å². The van der Waals surface area contributed by atoms with Crippen LogP contribution in [0.25, 0.3) is 11.4 Å². The maximum absolute atomic E-state index is 12.7. The van der Waals surface area contributed by atoms with Crippen LogP contribution in [-0.4, -0.2) is 29.4 Å². The topological polar surface area (TPSA) is 74.1 Å². The van der Waals surface area contributed by atoms with Crippen LogP contribution in [-0.2, 0) is 17.5 Å². The number of hydrogen-bond donors (Lipinski definition) is 0. The first-order valence-corrected chi connectivity index (χ1v) is 8.71. The van der Waals surface area contributed by atoms with Crippen molar-refractivity contribution in [1.29, 1.82) is 0 Å². The molecular formula is C14H15F3N4OS2. The Morgan fingerprint density at radius 1 is 1.29 bits per heavy atom. The van der Waals surface area contributed by atoms with Crippen LogP contribution in [0.1, 0.15) is 38.4 Å². The fraction of sp³-hybridized carbons (Fsp3) is 0.429. The standard InChI is InChI=1S/C14H15F3N4OS2/c1-8(21-24(22)13(2,3)4)12-19-11(20-23-12)9-5-6-18-10(7-9)14(15,16)17/h5-7H,1-4H3/b21-8+/t24-/m0/s1. The molecule has 0 fully saturated rings. The van der Waals surface area contributed by atoms with Gasteiger partial charge in [0.25, 0.3) is 0 Å². The molecule has 2 aromatic heterocycles. The van der Waals surface area contributed by atoms with Gasteiger partial charge in [0.05, 0.1) is 0 Å². The van der Waals surface area contributed by atoms with Crippen molar-refractivity contribution in [2.75, 3.05) is 0 Å². The number of pyridine rings is 1. The van der Waals surface area contributed by atoms with Crippen molar-refractivity contribution >= 4 is 28.6 Å². The largest absolute Gasteiger partial charge is 0.591 e. The number of hydrogen-bond acceptors (Lipinski definition) is 6. The van der Waals surface area contributed by atoms with Gasteiger partial charge in [0.1, 0.15) is 27.5 Å². The monoisotopic (exact) mass is 376 g/mol. The molecule has 0 aliphatic rings. The molecule has 0 saturated carbocycles. The lowest BCUT2D eigenvalue weighted by atomic mass is 10.2. The van der Waals surface area contributed by atoms with E-state index in [1.54, 1.807) is 27.7 Å². The summed E-state index contributed by atoms with van der Waals surface area (Å²) < 4.78 is 57.8. The Labute approximate surface area is 144 Å². The van der Waals surface area contributed by atoms with Crippen molar-refractivity contribution < 1.29 is 17.7 Å². The van der Waals surface area contributed by atoms with Crippen LogP contribution in [0, 0.1) is 0 Å². The molecule has 1 atom stereocenters. The summed E-state index contributed by atoms with van der Waals surface area (Å²) in [5, 5.41) is 0.410. The highest BCUT2D eigenvalue weighted by Crippen LogP contribution is 2.30. The van der Waals surface area contributed by atoms with Crippen LogP contribution in [0.15, 0.2) is 22.7 Å². The zero-order valence-corrected chi connectivity index (χ0v) is 15.0. The molecule has 5 nitrogen and oxygen atoms in total. The highest BCUT2D eigenvalue weighted by atomic mass is 32.2. The molecule has 2 aromatic rings. The van der Waals surface area contributed by atoms with Gasteiger partial charge in [0, 0.05) is 11.8 Å². The second kappa shape index (κ2) is 6.77. The van der Waals surface area contributed by atoms with E-state index >= 15 is 0 Å². The van der Waals surface area contributed by atoms with Gasteiger partial charge >= 0.3 is 6.18 Å². The lowest BCUT2D eigenvalue weighted by molar-refractivity contribution is -0.141. The van der Waals surface area contributed by atoms with E-state index in [4.69, 9.17) is 0 Å². The normalized spacial score (nSPS) is 14.8. The van der Waals surface area contributed by atoms with Crippen molar-refractivity contribution in [3.05, 3.63) is 29.0 Å². The molecule has 2 heterocycles. The van der Waals surface area contributed by atoms with Crippen molar-refractivity contribution in [2.24, 2.45) is 4.40 Å². The third kappa shape index (κ3) is 4.52. The van der Waals surface area contributed by atoms with Crippen LogP contribution in [0.3, 0.4) is 0 Å². The second-order valence-corrected chi connectivity index (χ2v) is 8.55. The minimum atomic E-state index is -4.53. The summed E-state index contributed by atoms with van der Waals surface area (Å²) in [4.78, 5) is 7.49. The van der Waals surface area contributed by atoms with Crippen molar-refractivity contribution in [1.82, 2.24) is 14.3 Å². The van der Waals surface area contributed by atoms with Crippen molar-refractivity contribution in [3.8, 4) is 11.4 Å². The predicted molar refractivity (Wildman–Crippen MR) is 88.2 cm³/mol. The van der Waals surface area contributed by atoms with Gasteiger partial charge in [-0.3, -0.25) is 4.98 Å². The van der Waals surface area contributed by atoms with Gasteiger partial charge in [-0.1, -0.05) is 4.40 Å². The van der Waals surface area contributed by atoms with Crippen LogP contribution >= 0.6 is 11.5 Å². The fourth-order valence-electron chi connectivity index (χ4n) is 1.51. The third-order valence-electron chi connectivity index (χ3n) is 2.79. The first-order valence-electron chi connectivity index (χ1n) is 6.83. The number of halogens is 3. The van der Waals surface area contributed by atoms with E-state index in [2.05, 4.69) is 18.7 Å². The van der Waals surface area contributed by atoms with Gasteiger partial charge in [-0.05, 0) is 51.4 Å². The summed E-state index contributed by atoms with van der Waals surface area (Å²) in [5.41, 5.74) is -0.364. The summed E-state index contributed by atoms with van der Waals surface area (Å²) in [6.45, 7) is 7.02. The smallest absolute Gasteiger partial charge is 0.433 e. The van der Waals surface area contributed by atoms with Crippen LogP contribution in [0.5, 0.6) is 0 Å². The van der Waals surface area contributed by atoms with Gasteiger partial charge in [0.15, 0.2) is 10.8 Å². The molecule has 0 aliphatic carbocycles. The Morgan fingerprint density at radius 2 is 1.96 bits per heavy atom. The van der Waals surface area contributed by atoms with Gasteiger partial charge in [-0.15, -0.1) is 0 Å². The van der Waals surface area contributed by atoms with Crippen molar-refractivity contribution in [3.63, 3.8) is 0 Å². The SMILES string of the molecule is C/C(=N\[S@@+]([O-])C(C)(C)C)c1nc(-c2ccnc(C(F)(F)F)c2)ns1. The van der Waals surface area contributed by atoms with E-state index in [0.29, 0.717) is 10.7 Å². The average molecular weight is 376 g/mol. The summed E-state index contributed by atoms with van der Waals surface area (Å²) in [6, 6.07) is 2.30. The molecule has 2 rings (SSSR count). The molecule has 0 saturated heterocycles. The minimum Gasteiger partial charge on any atom is -0.591 e. The van der Waals surface area contributed by atoms with Crippen molar-refractivity contribution in [2.45, 2.75) is 38.6 Å². The zero-order chi connectivity index (χ0) is 18.1. The predicted octanol–water partition coefficient (Wildman–Crippen LogP) is 3.89. The van der Waals surface area contributed by atoms with Crippen LogP contribution in [0.2, 0.25) is 0 Å². The van der Waals surface area contributed by atoms with Gasteiger partial charge in [-0.25, -0.2) is 4.98 Å². The summed E-state index contributed by atoms with van der Waals surface area (Å²) in [6.07, 6.45) is -3.47. The maximum Gasteiger partial charge on any atom is 0.433 e. The van der Waals surface area contributed by atoms with E-state index in [1.165, 1.54) is 6.07 Å². The quantitative estimate of drug-likeness (QED) is 0.602. The Morgan fingerprint density at radius 3 is 2.54 bits per heavy atom. The lowest BCUT2D eigenvalue weighted by Gasteiger charge is -2.18. The van der Waals surface area contributed by atoms with Crippen LogP contribution < -0.4 is 0 Å². The fourth-order valence-corrected chi connectivity index (χ4v) is 2.80. The number of aromatic nitrogens is 3. The van der Waals surface area contributed by atoms with Crippen LogP contribution in [0.4, 0.5) is 13.2 Å². The highest BCUT2D eigenvalue weighted by Gasteiger charge is 2.33. The average Bonchev–Trinajstić information content (AvgIpc) is 2.95. The maximum atomic E-state index is 12.7. The minimum absolute atomic E-state index is 0.152. The molecule has 24 heavy (non-hydrogen) atoms. The number of alkyl halides is 3. The van der Waals surface area contributed by atoms with Gasteiger partial charge < -0.3 is 4.55 Å². The summed E-state index contributed by atoms with van der Waals surface area (Å²) in [5.74, 6) is 0.152. The first kappa shape index (κ1) is 18.8. The second-order valence-electron chi connectivity index (χ2n) is 5.89. The molecule has 10 heteroatoms. The molecular weight excluding hydrogens is 361 g/mol. The molecule has 0 radical (unpaired) electrons.